The Hall–Kier alpha value is -3.37. The van der Waals surface area contributed by atoms with Crippen molar-refractivity contribution in [1.29, 1.82) is 0 Å². The molecule has 40 heavy (non-hydrogen) atoms. The second-order valence-corrected chi connectivity index (χ2v) is 8.95. The molecule has 3 aliphatic heterocycles. The van der Waals surface area contributed by atoms with Crippen molar-refractivity contribution in [2.24, 2.45) is 31.9 Å². The lowest BCUT2D eigenvalue weighted by atomic mass is 10.1. The number of nitrogens with one attached hydrogen (secondary N) is 3. The molecule has 4 amide bonds. The maximum atomic E-state index is 11.3. The molecule has 0 spiro atoms. The monoisotopic (exact) mass is 572 g/mol. The lowest BCUT2D eigenvalue weighted by Gasteiger charge is -2.12. The number of hydroxylamine groups is 2. The molecule has 1 fully saturated rings. The Labute approximate surface area is 236 Å². The standard InChI is InChI=1S/C9H11N3O4.C7H16N2O.C6H11N3O.2CH5N/c1-9(10-11-9)5-4-8(15)16-12-6(13)2-3-7(12)14;1-6(8-2)4-5-7(10)9-3;1-6(8-9-6)4-3-5(10)7-2;2*1-2/h2-5H2,1H3;6,8H,4-5H2,1-3H3,(H,9,10);3-4H2,1-2H3,(H,7,10);2*2H2,1H3. The van der Waals surface area contributed by atoms with Gasteiger partial charge in [0, 0.05) is 58.7 Å². The average Bonchev–Trinajstić information content (AvgIpc) is 3.89. The van der Waals surface area contributed by atoms with Crippen molar-refractivity contribution in [3.8, 4) is 0 Å². The van der Waals surface area contributed by atoms with E-state index in [0.29, 0.717) is 30.4 Å². The van der Waals surface area contributed by atoms with Crippen LogP contribution < -0.4 is 27.4 Å². The topological polar surface area (TPSA) is 235 Å². The molecular formula is C24H48N10O6. The van der Waals surface area contributed by atoms with Gasteiger partial charge in [-0.2, -0.15) is 20.5 Å². The molecule has 3 heterocycles. The van der Waals surface area contributed by atoms with Crippen molar-refractivity contribution >= 4 is 29.6 Å². The molecule has 3 rings (SSSR count). The van der Waals surface area contributed by atoms with E-state index >= 15 is 0 Å². The highest BCUT2D eigenvalue weighted by Gasteiger charge is 2.36. The average molecular weight is 573 g/mol. The summed E-state index contributed by atoms with van der Waals surface area (Å²) in [5.74, 6) is -1.38. The molecule has 7 N–H and O–H groups in total. The van der Waals surface area contributed by atoms with Gasteiger partial charge in [0.1, 0.15) is 0 Å². The second kappa shape index (κ2) is 20.5. The zero-order valence-electron chi connectivity index (χ0n) is 25.1. The third kappa shape index (κ3) is 18.0. The smallest absolute Gasteiger partial charge is 0.333 e. The molecule has 16 nitrogen and oxygen atoms in total. The molecule has 230 valence electrons. The highest BCUT2D eigenvalue weighted by Crippen LogP contribution is 2.32. The summed E-state index contributed by atoms with van der Waals surface area (Å²) in [6.07, 6.45) is 3.48. The van der Waals surface area contributed by atoms with E-state index in [0.717, 1.165) is 12.8 Å². The third-order valence-corrected chi connectivity index (χ3v) is 5.57. The van der Waals surface area contributed by atoms with E-state index in [9.17, 15) is 24.0 Å². The largest absolute Gasteiger partial charge is 0.359 e. The highest BCUT2D eigenvalue weighted by atomic mass is 16.7. The van der Waals surface area contributed by atoms with E-state index in [4.69, 9.17) is 0 Å². The fourth-order valence-electron chi connectivity index (χ4n) is 2.61. The minimum absolute atomic E-state index is 0.0542. The van der Waals surface area contributed by atoms with Gasteiger partial charge in [0.25, 0.3) is 11.8 Å². The molecule has 0 aromatic rings. The van der Waals surface area contributed by atoms with Gasteiger partial charge in [-0.15, -0.1) is 5.06 Å². The van der Waals surface area contributed by atoms with Gasteiger partial charge >= 0.3 is 5.97 Å². The minimum atomic E-state index is -0.609. The van der Waals surface area contributed by atoms with E-state index in [1.807, 2.05) is 14.0 Å². The van der Waals surface area contributed by atoms with Crippen LogP contribution in [0.2, 0.25) is 0 Å². The Kier molecular flexibility index (Phi) is 19.9. The summed E-state index contributed by atoms with van der Waals surface area (Å²) in [4.78, 5) is 59.6. The summed E-state index contributed by atoms with van der Waals surface area (Å²) in [6.45, 7) is 5.76. The summed E-state index contributed by atoms with van der Waals surface area (Å²) >= 11 is 0. The Morgan fingerprint density at radius 1 is 0.825 bits per heavy atom. The molecular weight excluding hydrogens is 524 g/mol. The van der Waals surface area contributed by atoms with Crippen LogP contribution in [0.25, 0.3) is 0 Å². The number of rotatable bonds is 11. The highest BCUT2D eigenvalue weighted by molar-refractivity contribution is 6.01. The van der Waals surface area contributed by atoms with Gasteiger partial charge in [0.15, 0.2) is 11.3 Å². The van der Waals surface area contributed by atoms with Crippen LogP contribution in [0.1, 0.15) is 72.1 Å². The van der Waals surface area contributed by atoms with E-state index in [1.54, 1.807) is 21.0 Å². The van der Waals surface area contributed by atoms with E-state index in [-0.39, 0.29) is 36.7 Å². The summed E-state index contributed by atoms with van der Waals surface area (Å²) in [7, 11) is 8.19. The molecule has 1 unspecified atom stereocenters. The van der Waals surface area contributed by atoms with Crippen molar-refractivity contribution < 1.29 is 28.8 Å². The molecule has 0 aromatic heterocycles. The van der Waals surface area contributed by atoms with Crippen molar-refractivity contribution in [1.82, 2.24) is 21.0 Å². The van der Waals surface area contributed by atoms with Crippen LogP contribution in [0.15, 0.2) is 20.5 Å². The maximum Gasteiger partial charge on any atom is 0.333 e. The van der Waals surface area contributed by atoms with E-state index < -0.39 is 23.4 Å². The van der Waals surface area contributed by atoms with Gasteiger partial charge in [0.05, 0.1) is 6.42 Å². The van der Waals surface area contributed by atoms with E-state index in [1.165, 1.54) is 14.1 Å². The number of carbonyl (C=O) groups is 5. The van der Waals surface area contributed by atoms with Crippen molar-refractivity contribution in [2.75, 3.05) is 35.2 Å². The molecule has 0 aliphatic carbocycles. The van der Waals surface area contributed by atoms with Gasteiger partial charge < -0.3 is 32.3 Å². The number of hydrogen-bond donors (Lipinski definition) is 5. The maximum absolute atomic E-state index is 11.3. The SMILES string of the molecule is CC1(CCC(=O)ON2C(=O)CCC2=O)N=N1.CN.CN.CNC(=O)CCC(C)NC.CNC(=O)CCC1(C)N=N1. The molecule has 0 bridgehead atoms. The van der Waals surface area contributed by atoms with E-state index in [2.05, 4.69) is 59.6 Å². The molecule has 1 saturated heterocycles. The quantitative estimate of drug-likeness (QED) is 0.217. The number of imide groups is 1. The number of amides is 4. The molecule has 16 heteroatoms. The fourth-order valence-corrected chi connectivity index (χ4v) is 2.61. The lowest BCUT2D eigenvalue weighted by molar-refractivity contribution is -0.197. The van der Waals surface area contributed by atoms with Crippen LogP contribution >= 0.6 is 0 Å². The Bertz CT molecular complexity index is 852. The molecule has 1 atom stereocenters. The van der Waals surface area contributed by atoms with Gasteiger partial charge in [0.2, 0.25) is 11.8 Å². The Balaban J connectivity index is 0. The summed E-state index contributed by atoms with van der Waals surface area (Å²) < 4.78 is 0. The zero-order valence-corrected chi connectivity index (χ0v) is 25.1. The van der Waals surface area contributed by atoms with Gasteiger partial charge in [-0.05, 0) is 48.3 Å². The van der Waals surface area contributed by atoms with Gasteiger partial charge in [-0.1, -0.05) is 0 Å². The number of hydrogen-bond acceptors (Lipinski definition) is 13. The summed E-state index contributed by atoms with van der Waals surface area (Å²) in [6, 6.07) is 0.428. The lowest BCUT2D eigenvalue weighted by Crippen LogP contribution is -2.32. The molecule has 0 radical (unpaired) electrons. The fraction of sp³-hybridized carbons (Fsp3) is 0.792. The van der Waals surface area contributed by atoms with Crippen molar-refractivity contribution in [3.63, 3.8) is 0 Å². The van der Waals surface area contributed by atoms with Crippen LogP contribution in [0.3, 0.4) is 0 Å². The number of nitrogens with two attached hydrogens (primary N) is 2. The van der Waals surface area contributed by atoms with Gasteiger partial charge in [-0.25, -0.2) is 4.79 Å². The first kappa shape index (κ1) is 38.8. The Morgan fingerprint density at radius 3 is 1.60 bits per heavy atom. The zero-order chi connectivity index (χ0) is 31.4. The number of nitrogens with zero attached hydrogens (tertiary/aromatic N) is 5. The summed E-state index contributed by atoms with van der Waals surface area (Å²) in [5, 5.41) is 23.8. The first-order chi connectivity index (χ1) is 18.9. The number of carbonyl (C=O) groups excluding carboxylic acids is 5. The van der Waals surface area contributed by atoms with Crippen LogP contribution in [0.5, 0.6) is 0 Å². The minimum Gasteiger partial charge on any atom is -0.359 e. The first-order valence-corrected chi connectivity index (χ1v) is 13.1. The Morgan fingerprint density at radius 2 is 1.23 bits per heavy atom. The second-order valence-electron chi connectivity index (χ2n) is 8.95. The van der Waals surface area contributed by atoms with Crippen LogP contribution in [0.4, 0.5) is 0 Å². The van der Waals surface area contributed by atoms with Gasteiger partial charge in [-0.3, -0.25) is 19.2 Å². The van der Waals surface area contributed by atoms with Crippen LogP contribution in [0, 0.1) is 0 Å². The van der Waals surface area contributed by atoms with Crippen LogP contribution in [-0.4, -0.2) is 87.3 Å². The summed E-state index contributed by atoms with van der Waals surface area (Å²) in [5.41, 5.74) is 8.30. The third-order valence-electron chi connectivity index (χ3n) is 5.57. The van der Waals surface area contributed by atoms with Crippen LogP contribution in [-0.2, 0) is 28.8 Å². The molecule has 0 aromatic carbocycles. The predicted molar refractivity (Wildman–Crippen MR) is 148 cm³/mol. The van der Waals surface area contributed by atoms with Crippen molar-refractivity contribution in [2.45, 2.75) is 89.5 Å². The predicted octanol–water partition coefficient (Wildman–Crippen LogP) is 0.521. The first-order valence-electron chi connectivity index (χ1n) is 13.1. The molecule has 0 saturated carbocycles. The molecule has 3 aliphatic rings. The normalized spacial score (nSPS) is 16.7. The van der Waals surface area contributed by atoms with Crippen molar-refractivity contribution in [3.05, 3.63) is 0 Å².